The Morgan fingerprint density at radius 2 is 2.12 bits per heavy atom. The summed E-state index contributed by atoms with van der Waals surface area (Å²) in [5.74, 6) is 4.72. The average molecular weight is 435 g/mol. The Balaban J connectivity index is 1.31. The molecule has 8 nitrogen and oxygen atoms in total. The monoisotopic (exact) mass is 434 g/mol. The zero-order valence-corrected chi connectivity index (χ0v) is 18.5. The number of benzene rings is 1. The fourth-order valence-electron chi connectivity index (χ4n) is 4.34. The predicted molar refractivity (Wildman–Crippen MR) is 122 cm³/mol. The van der Waals surface area contributed by atoms with E-state index >= 15 is 0 Å². The lowest BCUT2D eigenvalue weighted by Gasteiger charge is -2.30. The molecule has 8 heteroatoms. The number of para-hydroxylation sites is 1. The lowest BCUT2D eigenvalue weighted by molar-refractivity contribution is 0.261. The van der Waals surface area contributed by atoms with Crippen LogP contribution in [-0.2, 0) is 25.8 Å². The van der Waals surface area contributed by atoms with Crippen LogP contribution in [0.4, 0.5) is 0 Å². The maximum Gasteiger partial charge on any atom is 0.192 e. The molecule has 2 N–H and O–H groups in total. The lowest BCUT2D eigenvalue weighted by Crippen LogP contribution is -2.48. The van der Waals surface area contributed by atoms with E-state index in [0.717, 1.165) is 67.8 Å². The average Bonchev–Trinajstić information content (AvgIpc) is 3.48. The van der Waals surface area contributed by atoms with Crippen LogP contribution in [0, 0.1) is 0 Å². The minimum Gasteiger partial charge on any atom is -0.493 e. The van der Waals surface area contributed by atoms with E-state index in [1.807, 2.05) is 28.9 Å². The second-order valence-corrected chi connectivity index (χ2v) is 8.29. The minimum atomic E-state index is 0.159. The number of aryl methyl sites for hydroxylation is 2. The van der Waals surface area contributed by atoms with Crippen LogP contribution < -0.4 is 15.4 Å². The maximum atomic E-state index is 5.84. The number of aromatic nitrogens is 3. The molecule has 0 aliphatic carbocycles. The standard InChI is InChI=1S/C24H30N6O2/c1-2-22-28-23-10-9-17(16-30(23)29-22)26-24(25-13-11-18-6-5-14-31-18)27-20-12-15-32-21-8-4-3-7-19(20)21/h3-8,14,17,20H,2,9-13,15-16H2,1H3,(H2,25,26,27). The van der Waals surface area contributed by atoms with Gasteiger partial charge >= 0.3 is 0 Å². The second kappa shape index (κ2) is 9.46. The van der Waals surface area contributed by atoms with E-state index in [0.29, 0.717) is 13.2 Å². The highest BCUT2D eigenvalue weighted by Crippen LogP contribution is 2.31. The van der Waals surface area contributed by atoms with Crippen LogP contribution in [0.25, 0.3) is 0 Å². The molecule has 32 heavy (non-hydrogen) atoms. The Kier molecular flexibility index (Phi) is 6.09. The molecule has 0 saturated heterocycles. The van der Waals surface area contributed by atoms with Crippen LogP contribution in [0.3, 0.4) is 0 Å². The van der Waals surface area contributed by atoms with Crippen molar-refractivity contribution in [3.63, 3.8) is 0 Å². The number of aliphatic imine (C=N–C) groups is 1. The van der Waals surface area contributed by atoms with Gasteiger partial charge in [0.05, 0.1) is 25.5 Å². The molecule has 2 unspecified atom stereocenters. The molecular formula is C24H30N6O2. The number of hydrogen-bond acceptors (Lipinski definition) is 5. The summed E-state index contributed by atoms with van der Waals surface area (Å²) in [6, 6.07) is 12.5. The topological polar surface area (TPSA) is 89.5 Å². The molecular weight excluding hydrogens is 404 g/mol. The molecule has 0 fully saturated rings. The molecule has 0 saturated carbocycles. The van der Waals surface area contributed by atoms with Crippen LogP contribution in [0.15, 0.2) is 52.1 Å². The van der Waals surface area contributed by atoms with Crippen molar-refractivity contribution >= 4 is 5.96 Å². The highest BCUT2D eigenvalue weighted by Gasteiger charge is 2.25. The van der Waals surface area contributed by atoms with Gasteiger partial charge in [-0.05, 0) is 24.6 Å². The SMILES string of the molecule is CCc1nc2n(n1)CC(NC(=NCCc1ccco1)NC1CCOc3ccccc31)CC2. The third-order valence-electron chi connectivity index (χ3n) is 6.04. The number of fused-ring (bicyclic) bond motifs is 2. The molecule has 1 aromatic carbocycles. The summed E-state index contributed by atoms with van der Waals surface area (Å²) in [7, 11) is 0. The van der Waals surface area contributed by atoms with Crippen molar-refractivity contribution in [3.8, 4) is 5.75 Å². The minimum absolute atomic E-state index is 0.159. The van der Waals surface area contributed by atoms with Crippen molar-refractivity contribution < 1.29 is 9.15 Å². The number of furan rings is 1. The Bertz CT molecular complexity index is 1060. The van der Waals surface area contributed by atoms with Gasteiger partial charge in [0, 0.05) is 43.8 Å². The molecule has 2 atom stereocenters. The van der Waals surface area contributed by atoms with Gasteiger partial charge < -0.3 is 19.8 Å². The number of rotatable bonds is 6. The molecule has 0 radical (unpaired) electrons. The molecule has 168 valence electrons. The highest BCUT2D eigenvalue weighted by atomic mass is 16.5. The van der Waals surface area contributed by atoms with Gasteiger partial charge in [-0.1, -0.05) is 25.1 Å². The fraction of sp³-hybridized carbons (Fsp3) is 0.458. The summed E-state index contributed by atoms with van der Waals surface area (Å²) in [6.45, 7) is 4.23. The van der Waals surface area contributed by atoms with Gasteiger partial charge in [-0.25, -0.2) is 9.67 Å². The van der Waals surface area contributed by atoms with Crippen LogP contribution >= 0.6 is 0 Å². The van der Waals surface area contributed by atoms with E-state index in [1.54, 1.807) is 6.26 Å². The number of nitrogens with zero attached hydrogens (tertiary/aromatic N) is 4. The largest absolute Gasteiger partial charge is 0.493 e. The summed E-state index contributed by atoms with van der Waals surface area (Å²) in [5.41, 5.74) is 1.18. The van der Waals surface area contributed by atoms with Gasteiger partial charge in [-0.3, -0.25) is 4.99 Å². The first-order valence-corrected chi connectivity index (χ1v) is 11.5. The van der Waals surface area contributed by atoms with Crippen LogP contribution in [0.2, 0.25) is 0 Å². The van der Waals surface area contributed by atoms with Crippen molar-refractivity contribution in [3.05, 3.63) is 65.6 Å². The molecule has 4 heterocycles. The summed E-state index contributed by atoms with van der Waals surface area (Å²) >= 11 is 0. The van der Waals surface area contributed by atoms with Gasteiger partial charge in [0.1, 0.15) is 17.3 Å². The first-order valence-electron chi connectivity index (χ1n) is 11.5. The quantitative estimate of drug-likeness (QED) is 0.458. The van der Waals surface area contributed by atoms with E-state index < -0.39 is 0 Å². The summed E-state index contributed by atoms with van der Waals surface area (Å²) in [6.07, 6.45) is 6.16. The molecule has 0 bridgehead atoms. The molecule has 5 rings (SSSR count). The summed E-state index contributed by atoms with van der Waals surface area (Å²) in [4.78, 5) is 9.52. The van der Waals surface area contributed by atoms with Crippen molar-refractivity contribution in [2.24, 2.45) is 4.99 Å². The highest BCUT2D eigenvalue weighted by molar-refractivity contribution is 5.80. The van der Waals surface area contributed by atoms with E-state index in [1.165, 1.54) is 5.56 Å². The Hall–Kier alpha value is -3.29. The second-order valence-electron chi connectivity index (χ2n) is 8.29. The maximum absolute atomic E-state index is 5.84. The number of nitrogens with one attached hydrogen (secondary N) is 2. The van der Waals surface area contributed by atoms with Crippen molar-refractivity contribution in [2.45, 2.75) is 57.7 Å². The smallest absolute Gasteiger partial charge is 0.192 e. The lowest BCUT2D eigenvalue weighted by atomic mass is 10.0. The zero-order chi connectivity index (χ0) is 21.8. The Morgan fingerprint density at radius 3 is 3.00 bits per heavy atom. The van der Waals surface area contributed by atoms with Gasteiger partial charge in [0.15, 0.2) is 11.8 Å². The molecule has 0 amide bonds. The van der Waals surface area contributed by atoms with E-state index in [2.05, 4.69) is 39.8 Å². The fourth-order valence-corrected chi connectivity index (χ4v) is 4.34. The predicted octanol–water partition coefficient (Wildman–Crippen LogP) is 3.05. The van der Waals surface area contributed by atoms with Crippen molar-refractivity contribution in [1.82, 2.24) is 25.4 Å². The third kappa shape index (κ3) is 4.64. The van der Waals surface area contributed by atoms with Crippen LogP contribution in [0.1, 0.15) is 48.8 Å². The normalized spacial score (nSPS) is 20.2. The van der Waals surface area contributed by atoms with Crippen LogP contribution in [0.5, 0.6) is 5.75 Å². The number of guanidine groups is 1. The van der Waals surface area contributed by atoms with Gasteiger partial charge in [-0.15, -0.1) is 0 Å². The van der Waals surface area contributed by atoms with Gasteiger partial charge in [0.2, 0.25) is 0 Å². The molecule has 2 aliphatic rings. The number of hydrogen-bond donors (Lipinski definition) is 2. The first-order chi connectivity index (χ1) is 15.8. The van der Waals surface area contributed by atoms with E-state index in [9.17, 15) is 0 Å². The molecule has 0 spiro atoms. The van der Waals surface area contributed by atoms with Crippen molar-refractivity contribution in [2.75, 3.05) is 13.2 Å². The molecule has 2 aliphatic heterocycles. The number of ether oxygens (including phenoxy) is 1. The van der Waals surface area contributed by atoms with E-state index in [-0.39, 0.29) is 12.1 Å². The first kappa shape index (κ1) is 20.6. The van der Waals surface area contributed by atoms with Crippen LogP contribution in [-0.4, -0.2) is 39.9 Å². The Morgan fingerprint density at radius 1 is 1.19 bits per heavy atom. The van der Waals surface area contributed by atoms with Gasteiger partial charge in [-0.2, -0.15) is 5.10 Å². The molecule has 2 aromatic heterocycles. The van der Waals surface area contributed by atoms with E-state index in [4.69, 9.17) is 14.1 Å². The third-order valence-corrected chi connectivity index (χ3v) is 6.04. The zero-order valence-electron chi connectivity index (χ0n) is 18.5. The summed E-state index contributed by atoms with van der Waals surface area (Å²) < 4.78 is 13.4. The van der Waals surface area contributed by atoms with Crippen molar-refractivity contribution in [1.29, 1.82) is 0 Å². The van der Waals surface area contributed by atoms with Gasteiger partial charge in [0.25, 0.3) is 0 Å². The molecule has 3 aromatic rings. The Labute approximate surface area is 188 Å². The summed E-state index contributed by atoms with van der Waals surface area (Å²) in [5, 5.41) is 12.0.